The van der Waals surface area contributed by atoms with Gasteiger partial charge in [-0.1, -0.05) is 24.3 Å². The molecule has 0 saturated carbocycles. The summed E-state index contributed by atoms with van der Waals surface area (Å²) in [6.45, 7) is 0.511. The largest absolute Gasteiger partial charge is 0.447 e. The highest BCUT2D eigenvalue weighted by Gasteiger charge is 2.24. The van der Waals surface area contributed by atoms with E-state index in [1.165, 1.54) is 0 Å². The van der Waals surface area contributed by atoms with Gasteiger partial charge in [-0.25, -0.2) is 4.79 Å². The number of alkyl carbamates (subject to hydrolysis) is 1. The van der Waals surface area contributed by atoms with Crippen LogP contribution in [0.5, 0.6) is 0 Å². The molecule has 4 heteroatoms. The number of nitrogens with one attached hydrogen (secondary N) is 1. The number of carbonyl (C=O) groups excluding carboxylic acids is 1. The normalized spacial score (nSPS) is 31.0. The molecule has 0 radical (unpaired) electrons. The summed E-state index contributed by atoms with van der Waals surface area (Å²) in [6.07, 6.45) is 9.13. The Kier molecular flexibility index (Phi) is 3.14. The molecule has 2 rings (SSSR count). The molecule has 3 nitrogen and oxygen atoms in total. The Bertz CT molecular complexity index is 275. The first-order valence-corrected chi connectivity index (χ1v) is 5.78. The van der Waals surface area contributed by atoms with Gasteiger partial charge in [0.05, 0.1) is 6.04 Å². The van der Waals surface area contributed by atoms with E-state index in [2.05, 4.69) is 29.6 Å². The minimum Gasteiger partial charge on any atom is -0.447 e. The summed E-state index contributed by atoms with van der Waals surface area (Å²) in [5, 5.41) is 3.28. The fourth-order valence-electron chi connectivity index (χ4n) is 1.54. The molecule has 1 saturated heterocycles. The Balaban J connectivity index is 1.82. The Morgan fingerprint density at radius 1 is 1.57 bits per heavy atom. The summed E-state index contributed by atoms with van der Waals surface area (Å²) in [4.78, 5) is 10.8. The maximum absolute atomic E-state index is 10.8. The van der Waals surface area contributed by atoms with Crippen LogP contribution in [0, 0.1) is 0 Å². The van der Waals surface area contributed by atoms with Crippen LogP contribution in [0.2, 0.25) is 0 Å². The third-order valence-corrected chi connectivity index (χ3v) is 3.40. The lowest BCUT2D eigenvalue weighted by molar-refractivity contribution is 0.176. The predicted molar refractivity (Wildman–Crippen MR) is 57.4 cm³/mol. The van der Waals surface area contributed by atoms with Crippen LogP contribution in [-0.4, -0.2) is 29.7 Å². The zero-order chi connectivity index (χ0) is 9.80. The molecule has 0 aliphatic carbocycles. The number of rotatable bonds is 2. The van der Waals surface area contributed by atoms with Crippen molar-refractivity contribution in [2.24, 2.45) is 0 Å². The first kappa shape index (κ1) is 9.65. The van der Waals surface area contributed by atoms with E-state index in [4.69, 9.17) is 4.74 Å². The van der Waals surface area contributed by atoms with Gasteiger partial charge in [0.25, 0.3) is 0 Å². The van der Waals surface area contributed by atoms with Gasteiger partial charge in [-0.15, -0.1) is 0 Å². The molecule has 2 aliphatic rings. The van der Waals surface area contributed by atoms with Crippen LogP contribution in [0.25, 0.3) is 0 Å². The van der Waals surface area contributed by atoms with Gasteiger partial charge in [0.15, 0.2) is 0 Å². The van der Waals surface area contributed by atoms with Gasteiger partial charge in [-0.3, -0.25) is 0 Å². The Morgan fingerprint density at radius 2 is 2.50 bits per heavy atom. The van der Waals surface area contributed by atoms with E-state index in [1.54, 1.807) is 0 Å². The second kappa shape index (κ2) is 4.55. The quantitative estimate of drug-likeness (QED) is 0.755. The van der Waals surface area contributed by atoms with E-state index in [-0.39, 0.29) is 12.1 Å². The highest BCUT2D eigenvalue weighted by Crippen LogP contribution is 2.21. The van der Waals surface area contributed by atoms with Crippen LogP contribution in [0.15, 0.2) is 24.3 Å². The zero-order valence-electron chi connectivity index (χ0n) is 7.81. The lowest BCUT2D eigenvalue weighted by Gasteiger charge is -2.13. The van der Waals surface area contributed by atoms with Crippen molar-refractivity contribution >= 4 is 17.9 Å². The van der Waals surface area contributed by atoms with Crippen LogP contribution in [0.1, 0.15) is 6.42 Å². The number of ether oxygens (including phenoxy) is 1. The van der Waals surface area contributed by atoms with Gasteiger partial charge in [-0.2, -0.15) is 11.8 Å². The molecule has 2 heterocycles. The van der Waals surface area contributed by atoms with Gasteiger partial charge < -0.3 is 10.1 Å². The van der Waals surface area contributed by atoms with E-state index in [9.17, 15) is 4.79 Å². The Labute approximate surface area is 87.6 Å². The average Bonchev–Trinajstić information content (AvgIpc) is 2.43. The van der Waals surface area contributed by atoms with Crippen molar-refractivity contribution in [3.63, 3.8) is 0 Å². The van der Waals surface area contributed by atoms with E-state index in [1.807, 2.05) is 11.8 Å². The summed E-state index contributed by atoms with van der Waals surface area (Å²) in [6, 6.07) is 0.183. The highest BCUT2D eigenvalue weighted by atomic mass is 32.2. The monoisotopic (exact) mass is 211 g/mol. The van der Waals surface area contributed by atoms with Crippen molar-refractivity contribution in [1.82, 2.24) is 5.32 Å². The van der Waals surface area contributed by atoms with Crippen molar-refractivity contribution in [1.29, 1.82) is 0 Å². The average molecular weight is 211 g/mol. The molecular weight excluding hydrogens is 198 g/mol. The molecule has 0 aromatic rings. The van der Waals surface area contributed by atoms with Crippen LogP contribution in [0.4, 0.5) is 4.79 Å². The highest BCUT2D eigenvalue weighted by molar-refractivity contribution is 8.00. The van der Waals surface area contributed by atoms with Crippen LogP contribution < -0.4 is 5.32 Å². The van der Waals surface area contributed by atoms with Gasteiger partial charge in [-0.05, 0) is 6.42 Å². The first-order chi connectivity index (χ1) is 6.84. The standard InChI is InChI=1S/C10H13NO2S/c12-10-11-8(7-13-10)6-9-4-2-1-3-5-14-9/h1-4,8-9H,5-7H2,(H,11,12)/t8-,9?/m1/s1. The van der Waals surface area contributed by atoms with E-state index in [0.29, 0.717) is 11.9 Å². The number of allylic oxidation sites excluding steroid dienone is 2. The van der Waals surface area contributed by atoms with Crippen molar-refractivity contribution < 1.29 is 9.53 Å². The molecule has 14 heavy (non-hydrogen) atoms. The molecule has 76 valence electrons. The molecule has 1 fully saturated rings. The summed E-state index contributed by atoms with van der Waals surface area (Å²) in [5.41, 5.74) is 0. The molecule has 1 unspecified atom stereocenters. The van der Waals surface area contributed by atoms with Gasteiger partial charge >= 0.3 is 6.09 Å². The fraction of sp³-hybridized carbons (Fsp3) is 0.500. The topological polar surface area (TPSA) is 38.3 Å². The maximum Gasteiger partial charge on any atom is 0.407 e. The van der Waals surface area contributed by atoms with Crippen LogP contribution in [0.3, 0.4) is 0 Å². The molecule has 1 amide bonds. The zero-order valence-corrected chi connectivity index (χ0v) is 8.63. The first-order valence-electron chi connectivity index (χ1n) is 4.73. The number of hydrogen-bond acceptors (Lipinski definition) is 3. The fourth-order valence-corrected chi connectivity index (χ4v) is 2.58. The smallest absolute Gasteiger partial charge is 0.407 e. The number of cyclic esters (lactones) is 1. The Morgan fingerprint density at radius 3 is 3.29 bits per heavy atom. The molecular formula is C10H13NO2S. The van der Waals surface area contributed by atoms with Crippen molar-refractivity contribution in [3.05, 3.63) is 24.3 Å². The molecule has 0 bridgehead atoms. The lowest BCUT2D eigenvalue weighted by atomic mass is 10.1. The third kappa shape index (κ3) is 2.54. The van der Waals surface area contributed by atoms with Crippen molar-refractivity contribution in [2.75, 3.05) is 12.4 Å². The molecule has 2 atom stereocenters. The van der Waals surface area contributed by atoms with E-state index in [0.717, 1.165) is 12.2 Å². The van der Waals surface area contributed by atoms with Crippen molar-refractivity contribution in [2.45, 2.75) is 17.7 Å². The van der Waals surface area contributed by atoms with Gasteiger partial charge in [0.1, 0.15) is 6.61 Å². The number of carbonyl (C=O) groups is 1. The molecule has 0 spiro atoms. The predicted octanol–water partition coefficient (Wildman–Crippen LogP) is 1.71. The van der Waals surface area contributed by atoms with Crippen molar-refractivity contribution in [3.8, 4) is 0 Å². The molecule has 1 N–H and O–H groups in total. The molecule has 0 aromatic heterocycles. The maximum atomic E-state index is 10.8. The summed E-state index contributed by atoms with van der Waals surface area (Å²) >= 11 is 1.89. The lowest BCUT2D eigenvalue weighted by Crippen LogP contribution is -2.28. The van der Waals surface area contributed by atoms with Crippen LogP contribution in [-0.2, 0) is 4.74 Å². The molecule has 0 aromatic carbocycles. The minimum atomic E-state index is -0.282. The number of hydrogen-bond donors (Lipinski definition) is 1. The van der Waals surface area contributed by atoms with E-state index < -0.39 is 0 Å². The SMILES string of the molecule is O=C1N[C@H](CC2C=CC=CCS2)CO1. The second-order valence-corrected chi connectivity index (χ2v) is 4.63. The Hall–Kier alpha value is -0.900. The van der Waals surface area contributed by atoms with Gasteiger partial charge in [0, 0.05) is 11.0 Å². The second-order valence-electron chi connectivity index (χ2n) is 3.36. The summed E-state index contributed by atoms with van der Waals surface area (Å²) in [7, 11) is 0. The van der Waals surface area contributed by atoms with E-state index >= 15 is 0 Å². The summed E-state index contributed by atoms with van der Waals surface area (Å²) in [5.74, 6) is 1.04. The summed E-state index contributed by atoms with van der Waals surface area (Å²) < 4.78 is 4.84. The van der Waals surface area contributed by atoms with Gasteiger partial charge in [0.2, 0.25) is 0 Å². The third-order valence-electron chi connectivity index (χ3n) is 2.23. The number of amides is 1. The minimum absolute atomic E-state index is 0.183. The molecule has 2 aliphatic heterocycles. The number of thioether (sulfide) groups is 1. The van der Waals surface area contributed by atoms with Crippen LogP contribution >= 0.6 is 11.8 Å².